The van der Waals surface area contributed by atoms with Crippen LogP contribution in [0.4, 0.5) is 18.9 Å². The van der Waals surface area contributed by atoms with Gasteiger partial charge in [-0.05, 0) is 35.0 Å². The molecule has 1 saturated heterocycles. The summed E-state index contributed by atoms with van der Waals surface area (Å²) in [4.78, 5) is 4.28. The molecule has 1 aromatic carbocycles. The van der Waals surface area contributed by atoms with E-state index >= 15 is 0 Å². The number of nitrogens with zero attached hydrogens (tertiary/aromatic N) is 6. The summed E-state index contributed by atoms with van der Waals surface area (Å²) in [5, 5.41) is 12.0. The molecule has 10 heteroatoms. The fourth-order valence-corrected chi connectivity index (χ4v) is 3.56. The number of hydrogen-bond donors (Lipinski definition) is 0. The second kappa shape index (κ2) is 8.87. The number of hydrogen-bond acceptors (Lipinski definition) is 6. The smallest absolute Gasteiger partial charge is 0.383 e. The van der Waals surface area contributed by atoms with Crippen molar-refractivity contribution in [3.8, 4) is 0 Å². The van der Waals surface area contributed by atoms with Gasteiger partial charge in [0.25, 0.3) is 0 Å². The van der Waals surface area contributed by atoms with Gasteiger partial charge in [-0.15, -0.1) is 5.10 Å². The predicted molar refractivity (Wildman–Crippen MR) is 98.0 cm³/mol. The van der Waals surface area contributed by atoms with Crippen LogP contribution in [0.25, 0.3) is 0 Å². The molecule has 28 heavy (non-hydrogen) atoms. The first-order chi connectivity index (χ1) is 13.4. The van der Waals surface area contributed by atoms with E-state index in [1.807, 2.05) is 4.90 Å². The van der Waals surface area contributed by atoms with Crippen molar-refractivity contribution in [3.63, 3.8) is 0 Å². The molecular weight excluding hydrogens is 373 g/mol. The van der Waals surface area contributed by atoms with E-state index in [0.29, 0.717) is 31.9 Å². The van der Waals surface area contributed by atoms with Gasteiger partial charge in [-0.25, -0.2) is 4.68 Å². The van der Waals surface area contributed by atoms with Crippen LogP contribution in [0, 0.1) is 0 Å². The van der Waals surface area contributed by atoms with Crippen LogP contribution in [0.3, 0.4) is 0 Å². The van der Waals surface area contributed by atoms with Crippen molar-refractivity contribution in [1.82, 2.24) is 25.1 Å². The van der Waals surface area contributed by atoms with Gasteiger partial charge in [0.15, 0.2) is 5.82 Å². The molecule has 1 aliphatic rings. The van der Waals surface area contributed by atoms with E-state index in [1.54, 1.807) is 17.9 Å². The van der Waals surface area contributed by atoms with Crippen LogP contribution in [-0.4, -0.2) is 65.0 Å². The maximum atomic E-state index is 13.0. The largest absolute Gasteiger partial charge is 0.416 e. The van der Waals surface area contributed by atoms with Crippen molar-refractivity contribution < 1.29 is 17.9 Å². The molecule has 1 atom stereocenters. The van der Waals surface area contributed by atoms with E-state index in [-0.39, 0.29) is 6.04 Å². The summed E-state index contributed by atoms with van der Waals surface area (Å²) >= 11 is 0. The summed E-state index contributed by atoms with van der Waals surface area (Å²) in [6.07, 6.45) is -3.48. The van der Waals surface area contributed by atoms with Crippen LogP contribution in [0.15, 0.2) is 24.3 Å². The van der Waals surface area contributed by atoms with Crippen molar-refractivity contribution in [2.75, 3.05) is 44.8 Å². The Morgan fingerprint density at radius 3 is 2.57 bits per heavy atom. The fraction of sp³-hybridized carbons (Fsp3) is 0.611. The van der Waals surface area contributed by atoms with Gasteiger partial charge in [0.1, 0.15) is 0 Å². The Kier molecular flexibility index (Phi) is 6.50. The predicted octanol–water partition coefficient (Wildman–Crippen LogP) is 2.61. The van der Waals surface area contributed by atoms with Gasteiger partial charge in [-0.1, -0.05) is 13.0 Å². The van der Waals surface area contributed by atoms with Gasteiger partial charge < -0.3 is 9.64 Å². The zero-order valence-corrected chi connectivity index (χ0v) is 16.1. The van der Waals surface area contributed by atoms with E-state index in [2.05, 4.69) is 27.3 Å². The highest BCUT2D eigenvalue weighted by Gasteiger charge is 2.32. The van der Waals surface area contributed by atoms with Crippen molar-refractivity contribution in [2.24, 2.45) is 0 Å². The number of anilines is 1. The molecule has 1 aliphatic heterocycles. The molecule has 0 aliphatic carbocycles. The summed E-state index contributed by atoms with van der Waals surface area (Å²) < 4.78 is 45.8. The Morgan fingerprint density at radius 1 is 1.18 bits per heavy atom. The minimum atomic E-state index is -4.33. The molecule has 0 radical (unpaired) electrons. The van der Waals surface area contributed by atoms with Crippen LogP contribution in [0.1, 0.15) is 30.8 Å². The minimum Gasteiger partial charge on any atom is -0.383 e. The van der Waals surface area contributed by atoms with Gasteiger partial charge >= 0.3 is 6.18 Å². The molecule has 0 bridgehead atoms. The highest BCUT2D eigenvalue weighted by molar-refractivity contribution is 5.49. The molecule has 3 rings (SSSR count). The summed E-state index contributed by atoms with van der Waals surface area (Å²) in [6, 6.07) is 5.58. The number of benzene rings is 1. The first-order valence-corrected chi connectivity index (χ1v) is 9.35. The Labute approximate surface area is 162 Å². The highest BCUT2D eigenvalue weighted by Crippen LogP contribution is 2.32. The quantitative estimate of drug-likeness (QED) is 0.715. The molecule has 0 spiro atoms. The van der Waals surface area contributed by atoms with Crippen molar-refractivity contribution in [2.45, 2.75) is 32.1 Å². The van der Waals surface area contributed by atoms with Crippen molar-refractivity contribution in [3.05, 3.63) is 35.7 Å². The zero-order chi connectivity index (χ0) is 20.1. The third-order valence-corrected chi connectivity index (χ3v) is 5.05. The molecule has 0 saturated carbocycles. The number of piperazine rings is 1. The van der Waals surface area contributed by atoms with E-state index in [4.69, 9.17) is 4.74 Å². The molecular formula is C18H25F3N6O. The standard InChI is InChI=1S/C18H25F3N6O/c1-3-16(17-22-23-24-27(17)11-12-28-2)26-9-7-25(8-10-26)15-6-4-5-14(13-15)18(19,20)21/h4-6,13,16H,3,7-12H2,1-2H3/t16-/m1/s1. The zero-order valence-electron chi connectivity index (χ0n) is 16.1. The van der Waals surface area contributed by atoms with E-state index in [9.17, 15) is 13.2 Å². The Morgan fingerprint density at radius 2 is 1.93 bits per heavy atom. The highest BCUT2D eigenvalue weighted by atomic mass is 19.4. The SMILES string of the molecule is CC[C@H](c1nnnn1CCOC)N1CCN(c2cccc(C(F)(F)F)c2)CC1. The number of alkyl halides is 3. The molecule has 1 aromatic heterocycles. The number of aromatic nitrogens is 4. The van der Waals surface area contributed by atoms with Crippen molar-refractivity contribution >= 4 is 5.69 Å². The second-order valence-corrected chi connectivity index (χ2v) is 6.75. The third kappa shape index (κ3) is 4.61. The molecule has 2 heterocycles. The van der Waals surface area contributed by atoms with Crippen LogP contribution in [0.2, 0.25) is 0 Å². The van der Waals surface area contributed by atoms with Gasteiger partial charge in [0.2, 0.25) is 0 Å². The maximum absolute atomic E-state index is 13.0. The Hall–Kier alpha value is -2.20. The fourth-order valence-electron chi connectivity index (χ4n) is 3.56. The average molecular weight is 398 g/mol. The number of methoxy groups -OCH3 is 1. The van der Waals surface area contributed by atoms with Crippen LogP contribution in [-0.2, 0) is 17.5 Å². The van der Waals surface area contributed by atoms with E-state index < -0.39 is 11.7 Å². The minimum absolute atomic E-state index is 0.0653. The Bertz CT molecular complexity index is 758. The normalized spacial score (nSPS) is 17.1. The monoisotopic (exact) mass is 398 g/mol. The molecule has 7 nitrogen and oxygen atoms in total. The lowest BCUT2D eigenvalue weighted by atomic mass is 10.1. The van der Waals surface area contributed by atoms with Crippen LogP contribution >= 0.6 is 0 Å². The number of rotatable bonds is 7. The summed E-state index contributed by atoms with van der Waals surface area (Å²) in [6.45, 7) is 5.95. The van der Waals surface area contributed by atoms with E-state index in [0.717, 1.165) is 31.4 Å². The maximum Gasteiger partial charge on any atom is 0.416 e. The summed E-state index contributed by atoms with van der Waals surface area (Å²) in [7, 11) is 1.63. The molecule has 154 valence electrons. The lowest BCUT2D eigenvalue weighted by Gasteiger charge is -2.39. The van der Waals surface area contributed by atoms with E-state index in [1.165, 1.54) is 12.1 Å². The van der Waals surface area contributed by atoms with Gasteiger partial charge in [-0.3, -0.25) is 4.90 Å². The number of tetrazole rings is 1. The molecule has 0 unspecified atom stereocenters. The average Bonchev–Trinajstić information content (AvgIpc) is 3.15. The number of halogens is 3. The van der Waals surface area contributed by atoms with Gasteiger partial charge in [-0.2, -0.15) is 13.2 Å². The van der Waals surface area contributed by atoms with Gasteiger partial charge in [0, 0.05) is 39.0 Å². The first kappa shape index (κ1) is 20.5. The molecule has 2 aromatic rings. The second-order valence-electron chi connectivity index (χ2n) is 6.75. The van der Waals surface area contributed by atoms with Crippen LogP contribution in [0.5, 0.6) is 0 Å². The van der Waals surface area contributed by atoms with Crippen molar-refractivity contribution in [1.29, 1.82) is 0 Å². The Balaban J connectivity index is 1.67. The van der Waals surface area contributed by atoms with Crippen LogP contribution < -0.4 is 4.90 Å². The third-order valence-electron chi connectivity index (χ3n) is 5.05. The summed E-state index contributed by atoms with van der Waals surface area (Å²) in [5.74, 6) is 0.798. The lowest BCUT2D eigenvalue weighted by molar-refractivity contribution is -0.137. The lowest BCUT2D eigenvalue weighted by Crippen LogP contribution is -2.48. The van der Waals surface area contributed by atoms with Gasteiger partial charge in [0.05, 0.1) is 24.8 Å². The number of ether oxygens (including phenoxy) is 1. The first-order valence-electron chi connectivity index (χ1n) is 9.35. The molecule has 1 fully saturated rings. The molecule has 0 amide bonds. The topological polar surface area (TPSA) is 59.3 Å². The summed E-state index contributed by atoms with van der Waals surface area (Å²) in [5.41, 5.74) is -0.0105. The molecule has 0 N–H and O–H groups in total.